The van der Waals surface area contributed by atoms with Crippen molar-refractivity contribution in [2.75, 3.05) is 25.0 Å². The lowest BCUT2D eigenvalue weighted by Crippen LogP contribution is -2.23. The van der Waals surface area contributed by atoms with E-state index < -0.39 is 0 Å². The first kappa shape index (κ1) is 13.7. The minimum Gasteiger partial charge on any atom is -0.370 e. The normalized spacial score (nSPS) is 10.3. The summed E-state index contributed by atoms with van der Waals surface area (Å²) in [5.41, 5.74) is 3.63. The molecule has 0 amide bonds. The van der Waals surface area contributed by atoms with Crippen molar-refractivity contribution in [1.82, 2.24) is 10.3 Å². The quantitative estimate of drug-likeness (QED) is 0.579. The molecule has 0 bridgehead atoms. The molecule has 0 aliphatic heterocycles. The second kappa shape index (κ2) is 7.07. The van der Waals surface area contributed by atoms with Crippen LogP contribution in [0, 0.1) is 0 Å². The molecule has 0 unspecified atom stereocenters. The Kier molecular flexibility index (Phi) is 5.70. The summed E-state index contributed by atoms with van der Waals surface area (Å²) in [6.45, 7) is 11.0. The summed E-state index contributed by atoms with van der Waals surface area (Å²) in [5.74, 6) is 0. The molecule has 3 heteroatoms. The Bertz CT molecular complexity index is 360. The zero-order chi connectivity index (χ0) is 12.7. The topological polar surface area (TPSA) is 28.2 Å². The van der Waals surface area contributed by atoms with Crippen LogP contribution >= 0.6 is 0 Å². The summed E-state index contributed by atoms with van der Waals surface area (Å²) in [6, 6.07) is 2.06. The largest absolute Gasteiger partial charge is 0.370 e. The van der Waals surface area contributed by atoms with Crippen molar-refractivity contribution in [3.8, 4) is 0 Å². The van der Waals surface area contributed by atoms with Crippen LogP contribution in [0.5, 0.6) is 0 Å². The van der Waals surface area contributed by atoms with E-state index in [1.165, 1.54) is 11.3 Å². The van der Waals surface area contributed by atoms with Gasteiger partial charge >= 0.3 is 0 Å². The lowest BCUT2D eigenvalue weighted by molar-refractivity contribution is 0.672. The number of aromatic nitrogens is 1. The summed E-state index contributed by atoms with van der Waals surface area (Å²) < 4.78 is 0. The maximum Gasteiger partial charge on any atom is 0.0443 e. The molecular weight excluding hydrogens is 210 g/mol. The molecule has 0 saturated carbocycles. The van der Waals surface area contributed by atoms with Gasteiger partial charge < -0.3 is 10.2 Å². The third kappa shape index (κ3) is 4.57. The number of pyridine rings is 1. The molecule has 17 heavy (non-hydrogen) atoms. The van der Waals surface area contributed by atoms with Crippen molar-refractivity contribution in [3.05, 3.63) is 36.2 Å². The third-order valence-electron chi connectivity index (χ3n) is 2.54. The van der Waals surface area contributed by atoms with Crippen molar-refractivity contribution >= 4 is 5.69 Å². The predicted molar refractivity (Wildman–Crippen MR) is 74.3 cm³/mol. The summed E-state index contributed by atoms with van der Waals surface area (Å²) in [7, 11) is 2.09. The number of hydrogen-bond acceptors (Lipinski definition) is 3. The molecule has 1 aromatic rings. The third-order valence-corrected chi connectivity index (χ3v) is 2.54. The molecule has 1 aromatic heterocycles. The minimum atomic E-state index is 0.873. The van der Waals surface area contributed by atoms with Gasteiger partial charge in [-0.15, -0.1) is 0 Å². The van der Waals surface area contributed by atoms with E-state index in [1.807, 2.05) is 19.3 Å². The molecule has 0 radical (unpaired) electrons. The first-order valence-corrected chi connectivity index (χ1v) is 6.14. The molecular formula is C14H23N3. The van der Waals surface area contributed by atoms with Gasteiger partial charge in [-0.2, -0.15) is 0 Å². The van der Waals surface area contributed by atoms with Crippen LogP contribution < -0.4 is 10.2 Å². The van der Waals surface area contributed by atoms with E-state index in [-0.39, 0.29) is 0 Å². The van der Waals surface area contributed by atoms with Gasteiger partial charge in [0.2, 0.25) is 0 Å². The number of hydrogen-bond donors (Lipinski definition) is 1. The second-order valence-electron chi connectivity index (χ2n) is 4.49. The van der Waals surface area contributed by atoms with Crippen LogP contribution in [-0.4, -0.2) is 25.1 Å². The molecule has 1 rings (SSSR count). The van der Waals surface area contributed by atoms with E-state index in [9.17, 15) is 0 Å². The fourth-order valence-electron chi connectivity index (χ4n) is 1.82. The van der Waals surface area contributed by atoms with Gasteiger partial charge in [-0.05, 0) is 26.0 Å². The Morgan fingerprint density at radius 1 is 1.53 bits per heavy atom. The van der Waals surface area contributed by atoms with Gasteiger partial charge in [0.05, 0.1) is 0 Å². The van der Waals surface area contributed by atoms with Gasteiger partial charge in [-0.3, -0.25) is 4.98 Å². The van der Waals surface area contributed by atoms with E-state index in [0.29, 0.717) is 0 Å². The molecule has 0 saturated heterocycles. The van der Waals surface area contributed by atoms with Crippen molar-refractivity contribution < 1.29 is 0 Å². The van der Waals surface area contributed by atoms with Crippen molar-refractivity contribution in [1.29, 1.82) is 0 Å². The Morgan fingerprint density at radius 3 is 2.94 bits per heavy atom. The molecule has 94 valence electrons. The zero-order valence-electron chi connectivity index (χ0n) is 11.2. The maximum atomic E-state index is 4.20. The van der Waals surface area contributed by atoms with Gasteiger partial charge in [0.1, 0.15) is 0 Å². The van der Waals surface area contributed by atoms with E-state index in [1.54, 1.807) is 0 Å². The zero-order valence-corrected chi connectivity index (χ0v) is 11.2. The summed E-state index contributed by atoms with van der Waals surface area (Å²) in [6.07, 6.45) is 4.93. The first-order valence-electron chi connectivity index (χ1n) is 6.14. The highest BCUT2D eigenvalue weighted by molar-refractivity contribution is 5.52. The highest BCUT2D eigenvalue weighted by Crippen LogP contribution is 2.18. The van der Waals surface area contributed by atoms with Crippen LogP contribution in [0.1, 0.15) is 25.8 Å². The molecule has 0 aliphatic rings. The monoisotopic (exact) mass is 233 g/mol. The number of likely N-dealkylation sites (N-methyl/N-ethyl adjacent to an activating group) is 1. The summed E-state index contributed by atoms with van der Waals surface area (Å²) >= 11 is 0. The molecule has 0 spiro atoms. The summed E-state index contributed by atoms with van der Waals surface area (Å²) in [4.78, 5) is 6.41. The Labute approximate surface area is 105 Å². The second-order valence-corrected chi connectivity index (χ2v) is 4.49. The predicted octanol–water partition coefficient (Wildman–Crippen LogP) is 2.59. The number of rotatable bonds is 7. The Morgan fingerprint density at radius 2 is 2.29 bits per heavy atom. The average molecular weight is 233 g/mol. The minimum absolute atomic E-state index is 0.873. The van der Waals surface area contributed by atoms with Gasteiger partial charge in [-0.1, -0.05) is 19.1 Å². The van der Waals surface area contributed by atoms with Gasteiger partial charge in [0, 0.05) is 43.8 Å². The Hall–Kier alpha value is -1.35. The lowest BCUT2D eigenvalue weighted by atomic mass is 10.2. The highest BCUT2D eigenvalue weighted by atomic mass is 15.1. The lowest BCUT2D eigenvalue weighted by Gasteiger charge is -2.22. The van der Waals surface area contributed by atoms with Gasteiger partial charge in [-0.25, -0.2) is 0 Å². The molecule has 0 aromatic carbocycles. The van der Waals surface area contributed by atoms with Crippen LogP contribution in [0.25, 0.3) is 0 Å². The van der Waals surface area contributed by atoms with E-state index in [0.717, 1.165) is 31.6 Å². The number of anilines is 1. The fraction of sp³-hybridized carbons (Fsp3) is 0.500. The molecule has 1 N–H and O–H groups in total. The average Bonchev–Trinajstić information content (AvgIpc) is 2.29. The Balaban J connectivity index is 2.72. The van der Waals surface area contributed by atoms with Crippen LogP contribution in [0.15, 0.2) is 30.6 Å². The van der Waals surface area contributed by atoms with Crippen LogP contribution in [0.3, 0.4) is 0 Å². The van der Waals surface area contributed by atoms with Crippen LogP contribution in [0.2, 0.25) is 0 Å². The van der Waals surface area contributed by atoms with Crippen molar-refractivity contribution in [2.45, 2.75) is 26.8 Å². The van der Waals surface area contributed by atoms with Crippen molar-refractivity contribution in [3.63, 3.8) is 0 Å². The SMILES string of the molecule is C=C(C)CN(C)c1ccncc1CNCCC. The maximum absolute atomic E-state index is 4.20. The van der Waals surface area contributed by atoms with E-state index in [4.69, 9.17) is 0 Å². The van der Waals surface area contributed by atoms with Crippen molar-refractivity contribution in [2.24, 2.45) is 0 Å². The molecule has 0 fully saturated rings. The standard InChI is InChI=1S/C14H23N3/c1-5-7-15-9-13-10-16-8-6-14(13)17(4)11-12(2)3/h6,8,10,15H,2,5,7,9,11H2,1,3-4H3. The van der Waals surface area contributed by atoms with Crippen LogP contribution in [0.4, 0.5) is 5.69 Å². The number of nitrogens with one attached hydrogen (secondary N) is 1. The molecule has 0 atom stereocenters. The molecule has 0 aliphatic carbocycles. The van der Waals surface area contributed by atoms with Crippen LogP contribution in [-0.2, 0) is 6.54 Å². The molecule has 3 nitrogen and oxygen atoms in total. The summed E-state index contributed by atoms with van der Waals surface area (Å²) in [5, 5.41) is 3.41. The highest BCUT2D eigenvalue weighted by Gasteiger charge is 2.06. The van der Waals surface area contributed by atoms with E-state index >= 15 is 0 Å². The smallest absolute Gasteiger partial charge is 0.0443 e. The van der Waals surface area contributed by atoms with Gasteiger partial charge in [0.25, 0.3) is 0 Å². The fourth-order valence-corrected chi connectivity index (χ4v) is 1.82. The first-order chi connectivity index (χ1) is 8.15. The van der Waals surface area contributed by atoms with Gasteiger partial charge in [0.15, 0.2) is 0 Å². The van der Waals surface area contributed by atoms with E-state index in [2.05, 4.69) is 41.8 Å². The number of nitrogens with zero attached hydrogens (tertiary/aromatic N) is 2. The molecule has 1 heterocycles.